The van der Waals surface area contributed by atoms with E-state index in [-0.39, 0.29) is 22.6 Å². The number of carbonyl (C=O) groups is 1. The van der Waals surface area contributed by atoms with E-state index in [9.17, 15) is 18.0 Å². The molecule has 0 fully saturated rings. The van der Waals surface area contributed by atoms with E-state index in [4.69, 9.17) is 0 Å². The normalized spacial score (nSPS) is 10.6. The van der Waals surface area contributed by atoms with Gasteiger partial charge in [0.2, 0.25) is 0 Å². The van der Waals surface area contributed by atoms with Crippen LogP contribution in [0.1, 0.15) is 10.4 Å². The summed E-state index contributed by atoms with van der Waals surface area (Å²) in [4.78, 5) is 10.4. The van der Waals surface area contributed by atoms with Gasteiger partial charge in [0, 0.05) is 10.8 Å². The first-order valence-electron chi connectivity index (χ1n) is 4.16. The van der Waals surface area contributed by atoms with Crippen LogP contribution in [0.3, 0.4) is 0 Å². The van der Waals surface area contributed by atoms with Gasteiger partial charge in [-0.1, -0.05) is 0 Å². The van der Waals surface area contributed by atoms with E-state index >= 15 is 0 Å². The topological polar surface area (TPSA) is 17.1 Å². The van der Waals surface area contributed by atoms with Gasteiger partial charge in [-0.2, -0.15) is 0 Å². The van der Waals surface area contributed by atoms with E-state index in [1.807, 2.05) is 0 Å². The number of benzene rings is 2. The molecule has 76 valence electrons. The molecule has 0 amide bonds. The minimum Gasteiger partial charge on any atom is -0.298 e. The number of aldehydes is 1. The average Bonchev–Trinajstić information content (AvgIpc) is 2.23. The third kappa shape index (κ3) is 1.48. The van der Waals surface area contributed by atoms with Crippen LogP contribution in [0.5, 0.6) is 0 Å². The first kappa shape index (κ1) is 9.71. The predicted molar refractivity (Wildman–Crippen MR) is 49.2 cm³/mol. The smallest absolute Gasteiger partial charge is 0.153 e. The molecule has 2 aromatic rings. The minimum absolute atomic E-state index is 0.0986. The summed E-state index contributed by atoms with van der Waals surface area (Å²) in [7, 11) is 0. The van der Waals surface area contributed by atoms with Crippen molar-refractivity contribution >= 4 is 17.1 Å². The molecule has 0 heterocycles. The molecule has 2 rings (SSSR count). The van der Waals surface area contributed by atoms with Gasteiger partial charge in [-0.25, -0.2) is 13.2 Å². The van der Waals surface area contributed by atoms with Crippen LogP contribution in [0.2, 0.25) is 0 Å². The Morgan fingerprint density at radius 1 is 0.867 bits per heavy atom. The standard InChI is InChI=1S/C11H5F3O/c12-9-1-2-10(13)8-4-11(14)6(5-15)3-7(8)9/h1-5H. The van der Waals surface area contributed by atoms with Gasteiger partial charge in [-0.05, 0) is 24.3 Å². The van der Waals surface area contributed by atoms with Crippen LogP contribution in [-0.2, 0) is 0 Å². The predicted octanol–water partition coefficient (Wildman–Crippen LogP) is 3.07. The van der Waals surface area contributed by atoms with Crippen molar-refractivity contribution < 1.29 is 18.0 Å². The van der Waals surface area contributed by atoms with Crippen LogP contribution in [0, 0.1) is 17.5 Å². The van der Waals surface area contributed by atoms with Gasteiger partial charge in [0.1, 0.15) is 17.5 Å². The molecular formula is C11H5F3O. The molecule has 2 aromatic carbocycles. The first-order chi connectivity index (χ1) is 7.13. The largest absolute Gasteiger partial charge is 0.298 e. The fraction of sp³-hybridized carbons (Fsp3) is 0. The third-order valence-electron chi connectivity index (χ3n) is 2.15. The van der Waals surface area contributed by atoms with Gasteiger partial charge < -0.3 is 0 Å². The van der Waals surface area contributed by atoms with Crippen molar-refractivity contribution in [3.05, 3.63) is 47.3 Å². The highest BCUT2D eigenvalue weighted by molar-refractivity contribution is 5.90. The summed E-state index contributed by atoms with van der Waals surface area (Å²) in [6.45, 7) is 0. The molecule has 0 aliphatic heterocycles. The molecule has 15 heavy (non-hydrogen) atoms. The maximum Gasteiger partial charge on any atom is 0.153 e. The van der Waals surface area contributed by atoms with Gasteiger partial charge >= 0.3 is 0 Å². The van der Waals surface area contributed by atoms with E-state index in [0.29, 0.717) is 0 Å². The number of fused-ring (bicyclic) bond motifs is 1. The van der Waals surface area contributed by atoms with Crippen LogP contribution < -0.4 is 0 Å². The lowest BCUT2D eigenvalue weighted by Gasteiger charge is -2.02. The van der Waals surface area contributed by atoms with Crippen molar-refractivity contribution in [3.8, 4) is 0 Å². The zero-order valence-electron chi connectivity index (χ0n) is 7.43. The lowest BCUT2D eigenvalue weighted by atomic mass is 10.1. The van der Waals surface area contributed by atoms with Crippen molar-refractivity contribution in [1.29, 1.82) is 0 Å². The number of carbonyl (C=O) groups excluding carboxylic acids is 1. The van der Waals surface area contributed by atoms with Crippen LogP contribution in [0.15, 0.2) is 24.3 Å². The van der Waals surface area contributed by atoms with Crippen LogP contribution in [-0.4, -0.2) is 6.29 Å². The SMILES string of the molecule is O=Cc1cc2c(F)ccc(F)c2cc1F. The molecule has 0 unspecified atom stereocenters. The van der Waals surface area contributed by atoms with Crippen LogP contribution in [0.25, 0.3) is 10.8 Å². The number of rotatable bonds is 1. The molecule has 0 atom stereocenters. The fourth-order valence-electron chi connectivity index (χ4n) is 1.40. The Labute approximate surface area is 83.1 Å². The number of hydrogen-bond acceptors (Lipinski definition) is 1. The average molecular weight is 210 g/mol. The van der Waals surface area contributed by atoms with Crippen molar-refractivity contribution in [1.82, 2.24) is 0 Å². The summed E-state index contributed by atoms with van der Waals surface area (Å²) in [6, 6.07) is 3.66. The molecule has 1 nitrogen and oxygen atoms in total. The van der Waals surface area contributed by atoms with Gasteiger partial charge in [0.15, 0.2) is 6.29 Å². The van der Waals surface area contributed by atoms with Crippen molar-refractivity contribution in [2.45, 2.75) is 0 Å². The van der Waals surface area contributed by atoms with E-state index in [2.05, 4.69) is 0 Å². The van der Waals surface area contributed by atoms with E-state index in [0.717, 1.165) is 24.3 Å². The molecule has 0 aromatic heterocycles. The summed E-state index contributed by atoms with van der Waals surface area (Å²) in [6.07, 6.45) is 0.263. The van der Waals surface area contributed by atoms with Crippen molar-refractivity contribution in [3.63, 3.8) is 0 Å². The Bertz CT molecular complexity index is 549. The Kier molecular flexibility index (Phi) is 2.19. The molecule has 0 radical (unpaired) electrons. The van der Waals surface area contributed by atoms with Crippen molar-refractivity contribution in [2.24, 2.45) is 0 Å². The number of hydrogen-bond donors (Lipinski definition) is 0. The molecular weight excluding hydrogens is 205 g/mol. The van der Waals surface area contributed by atoms with Crippen molar-refractivity contribution in [2.75, 3.05) is 0 Å². The molecule has 0 N–H and O–H groups in total. The van der Waals surface area contributed by atoms with Gasteiger partial charge in [0.25, 0.3) is 0 Å². The Balaban J connectivity index is 2.92. The molecule has 0 aliphatic rings. The maximum absolute atomic E-state index is 13.2. The Hall–Kier alpha value is -1.84. The van der Waals surface area contributed by atoms with Gasteiger partial charge in [0.05, 0.1) is 5.56 Å². The summed E-state index contributed by atoms with van der Waals surface area (Å²) in [5.74, 6) is -2.26. The lowest BCUT2D eigenvalue weighted by Crippen LogP contribution is -1.92. The zero-order chi connectivity index (χ0) is 11.0. The maximum atomic E-state index is 13.2. The minimum atomic E-state index is -0.859. The summed E-state index contributed by atoms with van der Waals surface area (Å²) >= 11 is 0. The second-order valence-corrected chi connectivity index (χ2v) is 3.07. The monoisotopic (exact) mass is 210 g/mol. The Morgan fingerprint density at radius 2 is 1.40 bits per heavy atom. The second kappa shape index (κ2) is 3.38. The third-order valence-corrected chi connectivity index (χ3v) is 2.15. The molecule has 4 heteroatoms. The first-order valence-corrected chi connectivity index (χ1v) is 4.16. The molecule has 0 aliphatic carbocycles. The van der Waals surface area contributed by atoms with Crippen LogP contribution in [0.4, 0.5) is 13.2 Å². The van der Waals surface area contributed by atoms with Gasteiger partial charge in [-0.15, -0.1) is 0 Å². The molecule has 0 saturated carbocycles. The Morgan fingerprint density at radius 3 is 1.93 bits per heavy atom. The molecule has 0 bridgehead atoms. The summed E-state index contributed by atoms with van der Waals surface area (Å²) in [5.41, 5.74) is -0.285. The number of halogens is 3. The van der Waals surface area contributed by atoms with E-state index in [1.165, 1.54) is 0 Å². The van der Waals surface area contributed by atoms with Gasteiger partial charge in [-0.3, -0.25) is 4.79 Å². The zero-order valence-corrected chi connectivity index (χ0v) is 7.43. The molecule has 0 saturated heterocycles. The van der Waals surface area contributed by atoms with E-state index in [1.54, 1.807) is 0 Å². The quantitative estimate of drug-likeness (QED) is 0.661. The second-order valence-electron chi connectivity index (χ2n) is 3.07. The highest BCUT2D eigenvalue weighted by Crippen LogP contribution is 2.23. The highest BCUT2D eigenvalue weighted by Gasteiger charge is 2.10. The highest BCUT2D eigenvalue weighted by atomic mass is 19.1. The fourth-order valence-corrected chi connectivity index (χ4v) is 1.40. The summed E-state index contributed by atoms with van der Waals surface area (Å²) < 4.78 is 39.5. The molecule has 0 spiro atoms. The van der Waals surface area contributed by atoms with E-state index < -0.39 is 17.5 Å². The van der Waals surface area contributed by atoms with Crippen LogP contribution >= 0.6 is 0 Å². The summed E-state index contributed by atoms with van der Waals surface area (Å²) in [5, 5.41) is -0.267. The lowest BCUT2D eigenvalue weighted by molar-refractivity contribution is 0.112.